The maximum absolute atomic E-state index is 13.3. The number of amides is 1. The SMILES string of the molecule is CCOP(=O)(C[C@@H]1c2ccccc2CN2C(=O)[C@@H](OCc3ccccc3)[C@@H]12)OCC. The summed E-state index contributed by atoms with van der Waals surface area (Å²) in [6, 6.07) is 17.7. The van der Waals surface area contributed by atoms with Gasteiger partial charge in [-0.05, 0) is 30.5 Å². The maximum Gasteiger partial charge on any atom is 0.331 e. The second kappa shape index (κ2) is 9.03. The highest BCUT2D eigenvalue weighted by Crippen LogP contribution is 2.55. The molecule has 7 heteroatoms. The van der Waals surface area contributed by atoms with Gasteiger partial charge in [-0.25, -0.2) is 0 Å². The molecule has 2 heterocycles. The fourth-order valence-electron chi connectivity index (χ4n) is 4.47. The first-order valence-electron chi connectivity index (χ1n) is 10.5. The number of hydrogen-bond donors (Lipinski definition) is 0. The van der Waals surface area contributed by atoms with Crippen molar-refractivity contribution >= 4 is 13.5 Å². The molecule has 0 radical (unpaired) electrons. The number of rotatable bonds is 9. The summed E-state index contributed by atoms with van der Waals surface area (Å²) >= 11 is 0. The molecule has 160 valence electrons. The Morgan fingerprint density at radius 2 is 1.67 bits per heavy atom. The van der Waals surface area contributed by atoms with Gasteiger partial charge in [0.25, 0.3) is 5.91 Å². The highest BCUT2D eigenvalue weighted by atomic mass is 31.2. The smallest absolute Gasteiger partial charge is 0.331 e. The van der Waals surface area contributed by atoms with E-state index in [1.165, 1.54) is 0 Å². The highest BCUT2D eigenvalue weighted by Gasteiger charge is 2.56. The van der Waals surface area contributed by atoms with Crippen LogP contribution in [-0.4, -0.2) is 42.3 Å². The van der Waals surface area contributed by atoms with Gasteiger partial charge in [-0.1, -0.05) is 54.6 Å². The minimum Gasteiger partial charge on any atom is -0.361 e. The zero-order valence-corrected chi connectivity index (χ0v) is 18.3. The van der Waals surface area contributed by atoms with Crippen molar-refractivity contribution in [3.63, 3.8) is 0 Å². The quantitative estimate of drug-likeness (QED) is 0.438. The molecule has 0 aromatic heterocycles. The molecule has 6 nitrogen and oxygen atoms in total. The molecule has 4 rings (SSSR count). The number of nitrogens with zero attached hydrogens (tertiary/aromatic N) is 1. The molecular weight excluding hydrogens is 401 g/mol. The second-order valence-corrected chi connectivity index (χ2v) is 9.71. The van der Waals surface area contributed by atoms with Crippen molar-refractivity contribution in [2.45, 2.75) is 45.1 Å². The summed E-state index contributed by atoms with van der Waals surface area (Å²) in [7, 11) is -3.29. The molecule has 1 fully saturated rings. The lowest BCUT2D eigenvalue weighted by Crippen LogP contribution is -2.69. The summed E-state index contributed by atoms with van der Waals surface area (Å²) in [4.78, 5) is 14.7. The van der Waals surface area contributed by atoms with Crippen LogP contribution in [0.3, 0.4) is 0 Å². The predicted octanol–water partition coefficient (Wildman–Crippen LogP) is 4.35. The van der Waals surface area contributed by atoms with Gasteiger partial charge < -0.3 is 18.7 Å². The van der Waals surface area contributed by atoms with E-state index in [1.54, 1.807) is 0 Å². The van der Waals surface area contributed by atoms with Gasteiger partial charge in [0.05, 0.1) is 32.0 Å². The fraction of sp³-hybridized carbons (Fsp3) is 0.435. The van der Waals surface area contributed by atoms with Crippen LogP contribution in [0.5, 0.6) is 0 Å². The average molecular weight is 429 g/mol. The molecule has 2 aliphatic heterocycles. The first-order chi connectivity index (χ1) is 14.6. The van der Waals surface area contributed by atoms with Crippen LogP contribution in [0, 0.1) is 0 Å². The highest BCUT2D eigenvalue weighted by molar-refractivity contribution is 7.53. The van der Waals surface area contributed by atoms with Gasteiger partial charge in [0.15, 0.2) is 6.10 Å². The van der Waals surface area contributed by atoms with E-state index in [4.69, 9.17) is 13.8 Å². The molecular formula is C23H28NO5P. The minimum atomic E-state index is -3.29. The average Bonchev–Trinajstić information content (AvgIpc) is 2.75. The largest absolute Gasteiger partial charge is 0.361 e. The zero-order chi connectivity index (χ0) is 21.1. The van der Waals surface area contributed by atoms with Crippen LogP contribution in [0.1, 0.15) is 36.5 Å². The third-order valence-electron chi connectivity index (χ3n) is 5.75. The van der Waals surface area contributed by atoms with Crippen LogP contribution < -0.4 is 0 Å². The van der Waals surface area contributed by atoms with E-state index in [-0.39, 0.29) is 24.0 Å². The van der Waals surface area contributed by atoms with Crippen molar-refractivity contribution in [3.8, 4) is 0 Å². The molecule has 30 heavy (non-hydrogen) atoms. The van der Waals surface area contributed by atoms with Crippen molar-refractivity contribution in [3.05, 3.63) is 71.3 Å². The van der Waals surface area contributed by atoms with Gasteiger partial charge in [0.2, 0.25) is 0 Å². The van der Waals surface area contributed by atoms with Gasteiger partial charge in [0, 0.05) is 12.5 Å². The van der Waals surface area contributed by atoms with Crippen LogP contribution in [0.25, 0.3) is 0 Å². The number of ether oxygens (including phenoxy) is 1. The van der Waals surface area contributed by atoms with E-state index < -0.39 is 13.7 Å². The van der Waals surface area contributed by atoms with E-state index in [1.807, 2.05) is 67.3 Å². The van der Waals surface area contributed by atoms with Gasteiger partial charge in [-0.15, -0.1) is 0 Å². The Balaban J connectivity index is 1.61. The lowest BCUT2D eigenvalue weighted by Gasteiger charge is -2.53. The number of benzene rings is 2. The molecule has 1 saturated heterocycles. The first-order valence-corrected chi connectivity index (χ1v) is 12.2. The molecule has 0 N–H and O–H groups in total. The van der Waals surface area contributed by atoms with Gasteiger partial charge in [-0.3, -0.25) is 9.36 Å². The standard InChI is InChI=1S/C23H28NO5P/c1-3-28-30(26,29-4-2)16-20-19-13-9-8-12-18(19)14-24-21(20)22(23(24)25)27-15-17-10-6-5-7-11-17/h5-13,20-22H,3-4,14-16H2,1-2H3/t20-,21-,22+/m1/s1. The van der Waals surface area contributed by atoms with Gasteiger partial charge >= 0.3 is 7.60 Å². The molecule has 0 bridgehead atoms. The van der Waals surface area contributed by atoms with E-state index in [2.05, 4.69) is 6.07 Å². The molecule has 2 aromatic rings. The third-order valence-corrected chi connectivity index (χ3v) is 7.89. The summed E-state index contributed by atoms with van der Waals surface area (Å²) in [5, 5.41) is 0. The molecule has 2 aliphatic rings. The minimum absolute atomic E-state index is 0.0157. The first kappa shape index (κ1) is 21.3. The molecule has 1 amide bonds. The molecule has 0 saturated carbocycles. The topological polar surface area (TPSA) is 65.1 Å². The Bertz CT molecular complexity index is 924. The van der Waals surface area contributed by atoms with Crippen LogP contribution >= 0.6 is 7.60 Å². The van der Waals surface area contributed by atoms with Crippen molar-refractivity contribution in [1.82, 2.24) is 4.90 Å². The molecule has 0 spiro atoms. The van der Waals surface area contributed by atoms with Crippen molar-refractivity contribution in [2.24, 2.45) is 0 Å². The van der Waals surface area contributed by atoms with Crippen molar-refractivity contribution in [1.29, 1.82) is 0 Å². The number of hydrogen-bond acceptors (Lipinski definition) is 5. The monoisotopic (exact) mass is 429 g/mol. The van der Waals surface area contributed by atoms with E-state index in [9.17, 15) is 9.36 Å². The lowest BCUT2D eigenvalue weighted by atomic mass is 9.76. The van der Waals surface area contributed by atoms with Gasteiger partial charge in [-0.2, -0.15) is 0 Å². The number of fused-ring (bicyclic) bond motifs is 2. The number of carbonyl (C=O) groups is 1. The van der Waals surface area contributed by atoms with E-state index >= 15 is 0 Å². The normalized spacial score (nSPS) is 22.9. The fourth-order valence-corrected chi connectivity index (χ4v) is 6.44. The Hall–Kier alpha value is -1.98. The van der Waals surface area contributed by atoms with Gasteiger partial charge in [0.1, 0.15) is 0 Å². The summed E-state index contributed by atoms with van der Waals surface area (Å²) in [6.45, 7) is 5.16. The second-order valence-electron chi connectivity index (χ2n) is 7.61. The third kappa shape index (κ3) is 4.10. The van der Waals surface area contributed by atoms with Crippen molar-refractivity contribution < 1.29 is 23.1 Å². The summed E-state index contributed by atoms with van der Waals surface area (Å²) in [5.74, 6) is -0.185. The molecule has 0 aliphatic carbocycles. The molecule has 2 aromatic carbocycles. The summed E-state index contributed by atoms with van der Waals surface area (Å²) < 4.78 is 30.6. The number of carbonyl (C=O) groups excluding carboxylic acids is 1. The Kier molecular flexibility index (Phi) is 6.40. The van der Waals surface area contributed by atoms with E-state index in [0.717, 1.165) is 16.7 Å². The summed E-state index contributed by atoms with van der Waals surface area (Å²) in [6.07, 6.45) is -0.328. The van der Waals surface area contributed by atoms with Crippen LogP contribution in [0.2, 0.25) is 0 Å². The predicted molar refractivity (Wildman–Crippen MR) is 114 cm³/mol. The van der Waals surface area contributed by atoms with E-state index in [0.29, 0.717) is 26.4 Å². The van der Waals surface area contributed by atoms with Crippen LogP contribution in [0.4, 0.5) is 0 Å². The Labute approximate surface area is 177 Å². The Morgan fingerprint density at radius 1 is 1.00 bits per heavy atom. The molecule has 0 unspecified atom stereocenters. The Morgan fingerprint density at radius 3 is 2.37 bits per heavy atom. The van der Waals surface area contributed by atoms with Crippen molar-refractivity contribution in [2.75, 3.05) is 19.4 Å². The number of β-lactam (4-membered cyclic amide) rings is 1. The lowest BCUT2D eigenvalue weighted by molar-refractivity contribution is -0.180. The molecule has 3 atom stereocenters. The summed E-state index contributed by atoms with van der Waals surface area (Å²) in [5.41, 5.74) is 3.19. The van der Waals surface area contributed by atoms with Crippen LogP contribution in [0.15, 0.2) is 54.6 Å². The van der Waals surface area contributed by atoms with Crippen LogP contribution in [-0.2, 0) is 36.3 Å². The zero-order valence-electron chi connectivity index (χ0n) is 17.4. The maximum atomic E-state index is 13.3.